The molecule has 4 heteroatoms. The van der Waals surface area contributed by atoms with Gasteiger partial charge in [0.15, 0.2) is 0 Å². The summed E-state index contributed by atoms with van der Waals surface area (Å²) in [6.45, 7) is 2.53. The highest BCUT2D eigenvalue weighted by Crippen LogP contribution is 2.31. The molecule has 0 saturated heterocycles. The molecule has 0 heterocycles. The molecule has 2 rings (SSSR count). The van der Waals surface area contributed by atoms with Crippen LogP contribution in [0.25, 0.3) is 11.1 Å². The van der Waals surface area contributed by atoms with Gasteiger partial charge >= 0.3 is 11.9 Å². The van der Waals surface area contributed by atoms with Crippen LogP contribution in [0.5, 0.6) is 0 Å². The summed E-state index contributed by atoms with van der Waals surface area (Å²) in [6, 6.07) is 17.1. The molecule has 0 atom stereocenters. The number of hydrogen-bond acceptors (Lipinski definition) is 2. The lowest BCUT2D eigenvalue weighted by Gasteiger charge is -2.24. The lowest BCUT2D eigenvalue weighted by Crippen LogP contribution is -2.37. The van der Waals surface area contributed by atoms with Crippen molar-refractivity contribution >= 4 is 17.6 Å². The quantitative estimate of drug-likeness (QED) is 0.608. The van der Waals surface area contributed by atoms with Crippen molar-refractivity contribution in [1.29, 1.82) is 0 Å². The Morgan fingerprint density at radius 2 is 1.58 bits per heavy atom. The molecule has 0 unspecified atom stereocenters. The molecule has 2 aromatic carbocycles. The fourth-order valence-corrected chi connectivity index (χ4v) is 2.71. The molecule has 0 aromatic heterocycles. The fraction of sp³-hybridized carbons (Fsp3) is 0.300. The summed E-state index contributed by atoms with van der Waals surface area (Å²) in [6.07, 6.45) is 3.94. The summed E-state index contributed by atoms with van der Waals surface area (Å²) in [7, 11) is 0. The molecular weight excluding hydrogens is 302 g/mol. The standard InChI is InChI=1S/C20H23NO3/c1-2-3-4-10-15-21(19(22)20(23)24)18-14-9-8-13-17(18)16-11-6-5-7-12-16/h5-9,11-14H,2-4,10,15H2,1H3,(H,23,24). The Balaban J connectivity index is 2.35. The number of hydrogen-bond donors (Lipinski definition) is 1. The molecule has 0 spiro atoms. The minimum atomic E-state index is -1.42. The van der Waals surface area contributed by atoms with Gasteiger partial charge in [0.25, 0.3) is 0 Å². The van der Waals surface area contributed by atoms with Gasteiger partial charge in [0, 0.05) is 12.1 Å². The van der Waals surface area contributed by atoms with Crippen molar-refractivity contribution in [3.63, 3.8) is 0 Å². The van der Waals surface area contributed by atoms with Gasteiger partial charge in [-0.3, -0.25) is 4.79 Å². The average Bonchev–Trinajstić information content (AvgIpc) is 2.62. The van der Waals surface area contributed by atoms with E-state index < -0.39 is 11.9 Å². The molecular formula is C20H23NO3. The Labute approximate surface area is 142 Å². The molecule has 1 amide bonds. The SMILES string of the molecule is CCCCCCN(C(=O)C(=O)O)c1ccccc1-c1ccccc1. The van der Waals surface area contributed by atoms with Crippen LogP contribution in [-0.2, 0) is 9.59 Å². The minimum Gasteiger partial charge on any atom is -0.474 e. The van der Waals surface area contributed by atoms with E-state index in [9.17, 15) is 14.7 Å². The number of amides is 1. The molecule has 126 valence electrons. The number of unbranched alkanes of at least 4 members (excludes halogenated alkanes) is 3. The van der Waals surface area contributed by atoms with Crippen LogP contribution in [0.1, 0.15) is 32.6 Å². The van der Waals surface area contributed by atoms with E-state index in [0.717, 1.165) is 36.8 Å². The van der Waals surface area contributed by atoms with Crippen LogP contribution in [0, 0.1) is 0 Å². The Kier molecular flexibility index (Phi) is 6.55. The highest BCUT2D eigenvalue weighted by atomic mass is 16.4. The third kappa shape index (κ3) is 4.44. The second kappa shape index (κ2) is 8.87. The van der Waals surface area contributed by atoms with Crippen molar-refractivity contribution in [2.24, 2.45) is 0 Å². The van der Waals surface area contributed by atoms with Gasteiger partial charge in [-0.05, 0) is 18.1 Å². The first kappa shape index (κ1) is 17.7. The molecule has 0 fully saturated rings. The summed E-state index contributed by atoms with van der Waals surface area (Å²) in [5.74, 6) is -2.30. The molecule has 24 heavy (non-hydrogen) atoms. The van der Waals surface area contributed by atoms with Crippen molar-refractivity contribution in [2.45, 2.75) is 32.6 Å². The summed E-state index contributed by atoms with van der Waals surface area (Å²) in [4.78, 5) is 24.9. The topological polar surface area (TPSA) is 57.6 Å². The minimum absolute atomic E-state index is 0.412. The lowest BCUT2D eigenvalue weighted by molar-refractivity contribution is -0.148. The van der Waals surface area contributed by atoms with Crippen molar-refractivity contribution in [2.75, 3.05) is 11.4 Å². The second-order valence-corrected chi connectivity index (χ2v) is 5.71. The third-order valence-electron chi connectivity index (χ3n) is 3.94. The third-order valence-corrected chi connectivity index (χ3v) is 3.94. The van der Waals surface area contributed by atoms with Gasteiger partial charge in [0.05, 0.1) is 5.69 Å². The molecule has 0 aliphatic rings. The zero-order valence-electron chi connectivity index (χ0n) is 13.9. The van der Waals surface area contributed by atoms with Crippen LogP contribution in [0.2, 0.25) is 0 Å². The summed E-state index contributed by atoms with van der Waals surface area (Å²) >= 11 is 0. The number of para-hydroxylation sites is 1. The second-order valence-electron chi connectivity index (χ2n) is 5.71. The van der Waals surface area contributed by atoms with Gasteiger partial charge < -0.3 is 10.0 Å². The molecule has 0 aliphatic heterocycles. The Bertz CT molecular complexity index is 682. The first-order valence-corrected chi connectivity index (χ1v) is 8.34. The van der Waals surface area contributed by atoms with E-state index in [-0.39, 0.29) is 0 Å². The van der Waals surface area contributed by atoms with Crippen LogP contribution >= 0.6 is 0 Å². The van der Waals surface area contributed by atoms with Gasteiger partial charge in [0.2, 0.25) is 0 Å². The monoisotopic (exact) mass is 325 g/mol. The number of aliphatic carboxylic acids is 1. The normalized spacial score (nSPS) is 10.4. The number of carboxylic acid groups (broad SMARTS) is 1. The predicted molar refractivity (Wildman–Crippen MR) is 96.0 cm³/mol. The molecule has 4 nitrogen and oxygen atoms in total. The lowest BCUT2D eigenvalue weighted by atomic mass is 10.0. The van der Waals surface area contributed by atoms with Crippen LogP contribution in [0.15, 0.2) is 54.6 Å². The van der Waals surface area contributed by atoms with Crippen molar-refractivity contribution in [3.05, 3.63) is 54.6 Å². The molecule has 0 saturated carbocycles. The smallest absolute Gasteiger partial charge is 0.394 e. The van der Waals surface area contributed by atoms with Gasteiger partial charge in [-0.15, -0.1) is 0 Å². The van der Waals surface area contributed by atoms with Crippen LogP contribution in [0.4, 0.5) is 5.69 Å². The van der Waals surface area contributed by atoms with E-state index in [0.29, 0.717) is 12.2 Å². The molecule has 0 bridgehead atoms. The zero-order chi connectivity index (χ0) is 17.4. The predicted octanol–water partition coefficient (Wildman–Crippen LogP) is 4.35. The summed E-state index contributed by atoms with van der Waals surface area (Å²) in [5, 5.41) is 9.19. The highest BCUT2D eigenvalue weighted by molar-refractivity contribution is 6.37. The Hall–Kier alpha value is -2.62. The maximum atomic E-state index is 12.2. The van der Waals surface area contributed by atoms with Crippen LogP contribution < -0.4 is 4.90 Å². The first-order chi connectivity index (χ1) is 11.6. The molecule has 1 N–H and O–H groups in total. The van der Waals surface area contributed by atoms with Crippen molar-refractivity contribution in [3.8, 4) is 11.1 Å². The van der Waals surface area contributed by atoms with E-state index in [2.05, 4.69) is 6.92 Å². The number of nitrogens with zero attached hydrogens (tertiary/aromatic N) is 1. The van der Waals surface area contributed by atoms with E-state index >= 15 is 0 Å². The van der Waals surface area contributed by atoms with Gasteiger partial charge in [-0.2, -0.15) is 0 Å². The summed E-state index contributed by atoms with van der Waals surface area (Å²) in [5.41, 5.74) is 2.47. The number of benzene rings is 2. The van der Waals surface area contributed by atoms with E-state index in [1.54, 1.807) is 0 Å². The number of rotatable bonds is 7. The Morgan fingerprint density at radius 1 is 0.917 bits per heavy atom. The molecule has 0 radical (unpaired) electrons. The zero-order valence-corrected chi connectivity index (χ0v) is 13.9. The van der Waals surface area contributed by atoms with E-state index in [4.69, 9.17) is 0 Å². The molecule has 0 aliphatic carbocycles. The van der Waals surface area contributed by atoms with E-state index in [1.165, 1.54) is 4.90 Å². The number of carbonyl (C=O) groups is 2. The van der Waals surface area contributed by atoms with Crippen LogP contribution in [0.3, 0.4) is 0 Å². The fourth-order valence-electron chi connectivity index (χ4n) is 2.71. The Morgan fingerprint density at radius 3 is 2.25 bits per heavy atom. The average molecular weight is 325 g/mol. The number of anilines is 1. The summed E-state index contributed by atoms with van der Waals surface area (Å²) < 4.78 is 0. The van der Waals surface area contributed by atoms with Gasteiger partial charge in [0.1, 0.15) is 0 Å². The maximum absolute atomic E-state index is 12.2. The number of carbonyl (C=O) groups excluding carboxylic acids is 1. The largest absolute Gasteiger partial charge is 0.474 e. The van der Waals surface area contributed by atoms with Crippen molar-refractivity contribution in [1.82, 2.24) is 0 Å². The van der Waals surface area contributed by atoms with E-state index in [1.807, 2.05) is 54.6 Å². The first-order valence-electron chi connectivity index (χ1n) is 8.34. The van der Waals surface area contributed by atoms with Gasteiger partial charge in [-0.25, -0.2) is 4.79 Å². The highest BCUT2D eigenvalue weighted by Gasteiger charge is 2.24. The molecule has 2 aromatic rings. The number of carboxylic acids is 1. The van der Waals surface area contributed by atoms with Gasteiger partial charge in [-0.1, -0.05) is 74.7 Å². The van der Waals surface area contributed by atoms with Crippen LogP contribution in [-0.4, -0.2) is 23.5 Å². The maximum Gasteiger partial charge on any atom is 0.394 e. The van der Waals surface area contributed by atoms with Crippen molar-refractivity contribution < 1.29 is 14.7 Å².